The molecular formula is C13H12N2S. The highest BCUT2D eigenvalue weighted by Gasteiger charge is 2.10. The SMILES string of the molecule is NCc1c(-c2cccs2)cn2ccccc12. The Morgan fingerprint density at radius 2 is 2.12 bits per heavy atom. The van der Waals surface area contributed by atoms with Crippen molar-refractivity contribution >= 4 is 16.9 Å². The van der Waals surface area contributed by atoms with Crippen molar-refractivity contribution in [1.29, 1.82) is 0 Å². The predicted molar refractivity (Wildman–Crippen MR) is 68.6 cm³/mol. The number of pyridine rings is 1. The summed E-state index contributed by atoms with van der Waals surface area (Å²) in [5.74, 6) is 0. The van der Waals surface area contributed by atoms with Gasteiger partial charge < -0.3 is 10.1 Å². The summed E-state index contributed by atoms with van der Waals surface area (Å²) in [7, 11) is 0. The Labute approximate surface area is 98.0 Å². The van der Waals surface area contributed by atoms with Crippen molar-refractivity contribution in [1.82, 2.24) is 4.40 Å². The van der Waals surface area contributed by atoms with Gasteiger partial charge in [0, 0.05) is 29.4 Å². The molecule has 3 heteroatoms. The van der Waals surface area contributed by atoms with Crippen molar-refractivity contribution in [3.05, 3.63) is 53.7 Å². The van der Waals surface area contributed by atoms with Gasteiger partial charge in [0.25, 0.3) is 0 Å². The number of aromatic nitrogens is 1. The molecule has 2 N–H and O–H groups in total. The molecular weight excluding hydrogens is 216 g/mol. The van der Waals surface area contributed by atoms with Gasteiger partial charge in [-0.2, -0.15) is 0 Å². The molecule has 0 radical (unpaired) electrons. The quantitative estimate of drug-likeness (QED) is 0.717. The minimum atomic E-state index is 0.577. The molecule has 0 aliphatic carbocycles. The van der Waals surface area contributed by atoms with E-state index in [9.17, 15) is 0 Å². The van der Waals surface area contributed by atoms with Crippen molar-refractivity contribution in [2.24, 2.45) is 5.73 Å². The second kappa shape index (κ2) is 3.77. The number of nitrogens with zero attached hydrogens (tertiary/aromatic N) is 1. The van der Waals surface area contributed by atoms with Gasteiger partial charge in [-0.1, -0.05) is 12.1 Å². The highest BCUT2D eigenvalue weighted by molar-refractivity contribution is 7.13. The van der Waals surface area contributed by atoms with E-state index in [1.54, 1.807) is 11.3 Å². The molecule has 3 heterocycles. The van der Waals surface area contributed by atoms with Crippen molar-refractivity contribution < 1.29 is 0 Å². The number of hydrogen-bond acceptors (Lipinski definition) is 2. The summed E-state index contributed by atoms with van der Waals surface area (Å²) in [5, 5.41) is 2.10. The van der Waals surface area contributed by atoms with Gasteiger partial charge in [-0.3, -0.25) is 0 Å². The van der Waals surface area contributed by atoms with E-state index in [4.69, 9.17) is 5.73 Å². The van der Waals surface area contributed by atoms with Crippen LogP contribution in [-0.4, -0.2) is 4.40 Å². The lowest BCUT2D eigenvalue weighted by molar-refractivity contribution is 1.09. The average molecular weight is 228 g/mol. The first kappa shape index (κ1) is 9.63. The molecule has 0 amide bonds. The molecule has 0 fully saturated rings. The summed E-state index contributed by atoms with van der Waals surface area (Å²) < 4.78 is 2.14. The molecule has 0 aromatic carbocycles. The molecule has 0 bridgehead atoms. The van der Waals surface area contributed by atoms with Crippen molar-refractivity contribution in [2.75, 3.05) is 0 Å². The Kier molecular flexibility index (Phi) is 2.27. The fourth-order valence-corrected chi connectivity index (χ4v) is 2.80. The second-order valence-corrected chi connectivity index (χ2v) is 4.64. The Balaban J connectivity index is 2.32. The molecule has 0 saturated heterocycles. The van der Waals surface area contributed by atoms with Crippen molar-refractivity contribution in [3.8, 4) is 10.4 Å². The van der Waals surface area contributed by atoms with Gasteiger partial charge >= 0.3 is 0 Å². The van der Waals surface area contributed by atoms with E-state index < -0.39 is 0 Å². The van der Waals surface area contributed by atoms with E-state index in [-0.39, 0.29) is 0 Å². The Bertz CT molecular complexity index is 608. The zero-order valence-electron chi connectivity index (χ0n) is 8.76. The molecule has 0 spiro atoms. The molecule has 0 aliphatic rings. The molecule has 3 rings (SSSR count). The van der Waals surface area contributed by atoms with Gasteiger partial charge in [0.05, 0.1) is 5.52 Å². The van der Waals surface area contributed by atoms with Crippen LogP contribution in [0.4, 0.5) is 0 Å². The molecule has 0 unspecified atom stereocenters. The first-order valence-corrected chi connectivity index (χ1v) is 6.10. The molecule has 0 saturated carbocycles. The summed E-state index contributed by atoms with van der Waals surface area (Å²) in [6, 6.07) is 10.4. The highest BCUT2D eigenvalue weighted by Crippen LogP contribution is 2.31. The van der Waals surface area contributed by atoms with E-state index in [0.29, 0.717) is 6.54 Å². The third kappa shape index (κ3) is 1.37. The molecule has 0 aliphatic heterocycles. The average Bonchev–Trinajstić information content (AvgIpc) is 2.95. The fraction of sp³-hybridized carbons (Fsp3) is 0.0769. The van der Waals surface area contributed by atoms with E-state index in [0.717, 1.165) is 0 Å². The van der Waals surface area contributed by atoms with Gasteiger partial charge in [-0.05, 0) is 29.1 Å². The van der Waals surface area contributed by atoms with Gasteiger partial charge in [-0.15, -0.1) is 11.3 Å². The molecule has 80 valence electrons. The van der Waals surface area contributed by atoms with E-state index in [1.165, 1.54) is 21.5 Å². The maximum atomic E-state index is 5.86. The lowest BCUT2D eigenvalue weighted by Gasteiger charge is -1.98. The third-order valence-corrected chi connectivity index (χ3v) is 3.69. The maximum absolute atomic E-state index is 5.86. The third-order valence-electron chi connectivity index (χ3n) is 2.78. The Hall–Kier alpha value is -1.58. The number of nitrogens with two attached hydrogens (primary N) is 1. The van der Waals surface area contributed by atoms with Crippen LogP contribution in [0.5, 0.6) is 0 Å². The van der Waals surface area contributed by atoms with Gasteiger partial charge in [0.15, 0.2) is 0 Å². The monoisotopic (exact) mass is 228 g/mol. The zero-order valence-corrected chi connectivity index (χ0v) is 9.58. The highest BCUT2D eigenvalue weighted by atomic mass is 32.1. The molecule has 3 aromatic heterocycles. The lowest BCUT2D eigenvalue weighted by atomic mass is 10.1. The van der Waals surface area contributed by atoms with Crippen LogP contribution in [0.15, 0.2) is 48.1 Å². The van der Waals surface area contributed by atoms with E-state index >= 15 is 0 Å². The van der Waals surface area contributed by atoms with Crippen LogP contribution in [0, 0.1) is 0 Å². The van der Waals surface area contributed by atoms with Crippen LogP contribution in [0.2, 0.25) is 0 Å². The van der Waals surface area contributed by atoms with Crippen molar-refractivity contribution in [3.63, 3.8) is 0 Å². The number of fused-ring (bicyclic) bond motifs is 1. The minimum Gasteiger partial charge on any atom is -0.326 e. The van der Waals surface area contributed by atoms with Crippen LogP contribution >= 0.6 is 11.3 Å². The maximum Gasteiger partial charge on any atom is 0.0501 e. The van der Waals surface area contributed by atoms with Crippen LogP contribution in [0.3, 0.4) is 0 Å². The van der Waals surface area contributed by atoms with Crippen LogP contribution in [0.25, 0.3) is 16.0 Å². The van der Waals surface area contributed by atoms with Gasteiger partial charge in [0.1, 0.15) is 0 Å². The standard InChI is InChI=1S/C13H12N2S/c14-8-10-11(13-5-3-7-16-13)9-15-6-2-1-4-12(10)15/h1-7,9H,8,14H2. The van der Waals surface area contributed by atoms with Crippen LogP contribution < -0.4 is 5.73 Å². The van der Waals surface area contributed by atoms with Crippen LogP contribution in [0.1, 0.15) is 5.56 Å². The smallest absolute Gasteiger partial charge is 0.0501 e. The molecule has 2 nitrogen and oxygen atoms in total. The fourth-order valence-electron chi connectivity index (χ4n) is 2.04. The number of hydrogen-bond donors (Lipinski definition) is 1. The summed E-state index contributed by atoms with van der Waals surface area (Å²) in [6.45, 7) is 0.577. The lowest BCUT2D eigenvalue weighted by Crippen LogP contribution is -1.96. The predicted octanol–water partition coefficient (Wildman–Crippen LogP) is 3.13. The second-order valence-electron chi connectivity index (χ2n) is 3.70. The molecule has 0 atom stereocenters. The van der Waals surface area contributed by atoms with Crippen LogP contribution in [-0.2, 0) is 6.54 Å². The van der Waals surface area contributed by atoms with Crippen molar-refractivity contribution in [2.45, 2.75) is 6.54 Å². The van der Waals surface area contributed by atoms with E-state index in [1.807, 2.05) is 12.1 Å². The largest absolute Gasteiger partial charge is 0.326 e. The minimum absolute atomic E-state index is 0.577. The van der Waals surface area contributed by atoms with Gasteiger partial charge in [0.2, 0.25) is 0 Å². The summed E-state index contributed by atoms with van der Waals surface area (Å²) >= 11 is 1.75. The number of rotatable bonds is 2. The van der Waals surface area contributed by atoms with Gasteiger partial charge in [-0.25, -0.2) is 0 Å². The summed E-state index contributed by atoms with van der Waals surface area (Å²) in [6.07, 6.45) is 4.22. The molecule has 3 aromatic rings. The zero-order chi connectivity index (χ0) is 11.0. The molecule has 16 heavy (non-hydrogen) atoms. The van der Waals surface area contributed by atoms with E-state index in [2.05, 4.69) is 40.4 Å². The topological polar surface area (TPSA) is 30.4 Å². The first-order valence-electron chi connectivity index (χ1n) is 5.22. The summed E-state index contributed by atoms with van der Waals surface area (Å²) in [4.78, 5) is 1.28. The number of thiophene rings is 1. The summed E-state index contributed by atoms with van der Waals surface area (Å²) in [5.41, 5.74) is 9.54. The Morgan fingerprint density at radius 3 is 2.88 bits per heavy atom. The Morgan fingerprint density at radius 1 is 1.19 bits per heavy atom. The normalized spacial score (nSPS) is 11.1. The first-order chi connectivity index (χ1) is 7.90.